The third-order valence-corrected chi connectivity index (χ3v) is 2.57. The second-order valence-corrected chi connectivity index (χ2v) is 3.92. The van der Waals surface area contributed by atoms with E-state index in [1.165, 1.54) is 29.3 Å². The van der Waals surface area contributed by atoms with Gasteiger partial charge in [-0.15, -0.1) is 0 Å². The lowest BCUT2D eigenvalue weighted by atomic mass is 10.3. The van der Waals surface area contributed by atoms with Crippen LogP contribution in [0.1, 0.15) is 23.2 Å². The Balaban J connectivity index is 2.12. The van der Waals surface area contributed by atoms with E-state index in [-0.39, 0.29) is 11.4 Å². The smallest absolute Gasteiger partial charge is 0.269 e. The van der Waals surface area contributed by atoms with Crippen LogP contribution in [0, 0.1) is 0 Å². The fraction of sp³-hybridized carbons (Fsp3) is 0.154. The third-order valence-electron chi connectivity index (χ3n) is 2.57. The number of hydrogen-bond acceptors (Lipinski definition) is 4. The molecule has 2 aromatic rings. The molecule has 2 heterocycles. The molecule has 0 bridgehead atoms. The minimum Gasteiger partial charge on any atom is -0.465 e. The summed E-state index contributed by atoms with van der Waals surface area (Å²) in [5.41, 5.74) is 5.74. The molecule has 20 heavy (non-hydrogen) atoms. The molecule has 2 aromatic heterocycles. The van der Waals surface area contributed by atoms with Gasteiger partial charge >= 0.3 is 0 Å². The van der Waals surface area contributed by atoms with E-state index < -0.39 is 11.8 Å². The molecule has 0 radical (unpaired) electrons. The Morgan fingerprint density at radius 2 is 2.35 bits per heavy atom. The van der Waals surface area contributed by atoms with Crippen LogP contribution in [0.15, 0.2) is 35.1 Å². The van der Waals surface area contributed by atoms with E-state index in [0.717, 1.165) is 0 Å². The minimum atomic E-state index is -0.644. The van der Waals surface area contributed by atoms with Crippen molar-refractivity contribution in [3.05, 3.63) is 42.1 Å². The molecular weight excluding hydrogens is 260 g/mol. The standard InChI is InChI=1S/C13H14N4O3/c1-2-17-12(13(14)19)10(8-15-17)16-11(18)6-5-9-4-3-7-20-9/h3-8H,2H2,1H3,(H2,14,19)(H,16,18). The van der Waals surface area contributed by atoms with Crippen LogP contribution in [0.3, 0.4) is 0 Å². The van der Waals surface area contributed by atoms with E-state index >= 15 is 0 Å². The van der Waals surface area contributed by atoms with E-state index in [1.54, 1.807) is 12.1 Å². The summed E-state index contributed by atoms with van der Waals surface area (Å²) in [5.74, 6) is -0.492. The Morgan fingerprint density at radius 3 is 2.95 bits per heavy atom. The monoisotopic (exact) mass is 274 g/mol. The largest absolute Gasteiger partial charge is 0.465 e. The number of amides is 2. The van der Waals surface area contributed by atoms with Crippen LogP contribution < -0.4 is 11.1 Å². The van der Waals surface area contributed by atoms with Crippen LogP contribution in [-0.4, -0.2) is 21.6 Å². The summed E-state index contributed by atoms with van der Waals surface area (Å²) >= 11 is 0. The van der Waals surface area contributed by atoms with Gasteiger partial charge in [0.25, 0.3) is 5.91 Å². The van der Waals surface area contributed by atoms with Crippen molar-refractivity contribution in [2.45, 2.75) is 13.5 Å². The number of anilines is 1. The van der Waals surface area contributed by atoms with E-state index in [4.69, 9.17) is 10.2 Å². The molecule has 0 fully saturated rings. The molecule has 0 unspecified atom stereocenters. The molecule has 0 aliphatic rings. The van der Waals surface area contributed by atoms with Crippen LogP contribution in [0.2, 0.25) is 0 Å². The van der Waals surface area contributed by atoms with Gasteiger partial charge < -0.3 is 15.5 Å². The molecule has 2 amide bonds. The zero-order valence-corrected chi connectivity index (χ0v) is 10.9. The summed E-state index contributed by atoms with van der Waals surface area (Å²) in [5, 5.41) is 6.53. The molecule has 7 nitrogen and oxygen atoms in total. The van der Waals surface area contributed by atoms with Gasteiger partial charge in [-0.1, -0.05) is 0 Å². The van der Waals surface area contributed by atoms with Crippen LogP contribution in [0.25, 0.3) is 6.08 Å². The number of nitrogens with one attached hydrogen (secondary N) is 1. The van der Waals surface area contributed by atoms with E-state index in [1.807, 2.05) is 6.92 Å². The molecule has 0 aromatic carbocycles. The van der Waals surface area contributed by atoms with Gasteiger partial charge in [0.1, 0.15) is 11.5 Å². The predicted molar refractivity (Wildman–Crippen MR) is 72.8 cm³/mol. The molecular formula is C13H14N4O3. The maximum Gasteiger partial charge on any atom is 0.269 e. The lowest BCUT2D eigenvalue weighted by molar-refractivity contribution is -0.111. The van der Waals surface area contributed by atoms with Gasteiger partial charge in [0.15, 0.2) is 0 Å². The van der Waals surface area contributed by atoms with Crippen molar-refractivity contribution in [2.24, 2.45) is 5.73 Å². The summed E-state index contributed by atoms with van der Waals surface area (Å²) in [7, 11) is 0. The Labute approximate surface area is 115 Å². The average Bonchev–Trinajstić information content (AvgIpc) is 3.05. The van der Waals surface area contributed by atoms with Crippen LogP contribution >= 0.6 is 0 Å². The van der Waals surface area contributed by atoms with Gasteiger partial charge in [0.05, 0.1) is 18.1 Å². The minimum absolute atomic E-state index is 0.173. The van der Waals surface area contributed by atoms with E-state index in [0.29, 0.717) is 12.3 Å². The second-order valence-electron chi connectivity index (χ2n) is 3.92. The molecule has 0 aliphatic carbocycles. The van der Waals surface area contributed by atoms with Crippen molar-refractivity contribution >= 4 is 23.6 Å². The summed E-state index contributed by atoms with van der Waals surface area (Å²) < 4.78 is 6.48. The number of aromatic nitrogens is 2. The van der Waals surface area contributed by atoms with Crippen molar-refractivity contribution in [3.63, 3.8) is 0 Å². The third kappa shape index (κ3) is 2.94. The van der Waals surface area contributed by atoms with Crippen LogP contribution in [0.5, 0.6) is 0 Å². The molecule has 0 atom stereocenters. The Hall–Kier alpha value is -2.83. The highest BCUT2D eigenvalue weighted by atomic mass is 16.3. The molecule has 3 N–H and O–H groups in total. The average molecular weight is 274 g/mol. The number of furan rings is 1. The number of carbonyl (C=O) groups is 2. The predicted octanol–water partition coefficient (Wildman–Crippen LogP) is 1.25. The maximum atomic E-state index is 11.8. The summed E-state index contributed by atoms with van der Waals surface area (Å²) in [4.78, 5) is 23.1. The SMILES string of the molecule is CCn1ncc(NC(=O)C=Cc2ccco2)c1C(N)=O. The van der Waals surface area contributed by atoms with Gasteiger partial charge in [-0.05, 0) is 25.1 Å². The Kier molecular flexibility index (Phi) is 3.99. The molecule has 0 aliphatic heterocycles. The Bertz CT molecular complexity index is 641. The highest BCUT2D eigenvalue weighted by Crippen LogP contribution is 2.14. The first-order valence-corrected chi connectivity index (χ1v) is 6.00. The fourth-order valence-electron chi connectivity index (χ4n) is 1.69. The van der Waals surface area contributed by atoms with Crippen LogP contribution in [0.4, 0.5) is 5.69 Å². The lowest BCUT2D eigenvalue weighted by Gasteiger charge is -2.04. The zero-order chi connectivity index (χ0) is 14.5. The zero-order valence-electron chi connectivity index (χ0n) is 10.9. The fourth-order valence-corrected chi connectivity index (χ4v) is 1.69. The van der Waals surface area contributed by atoms with Crippen molar-refractivity contribution < 1.29 is 14.0 Å². The summed E-state index contributed by atoms with van der Waals surface area (Å²) in [6, 6.07) is 3.43. The van der Waals surface area contributed by atoms with Gasteiger partial charge in [-0.2, -0.15) is 5.10 Å². The number of nitrogens with two attached hydrogens (primary N) is 1. The molecule has 0 saturated heterocycles. The normalized spacial score (nSPS) is 10.8. The van der Waals surface area contributed by atoms with Gasteiger partial charge in [-0.3, -0.25) is 14.3 Å². The first-order valence-electron chi connectivity index (χ1n) is 6.00. The lowest BCUT2D eigenvalue weighted by Crippen LogP contribution is -2.20. The van der Waals surface area contributed by atoms with Gasteiger partial charge in [0.2, 0.25) is 5.91 Å². The molecule has 0 saturated carbocycles. The molecule has 0 spiro atoms. The highest BCUT2D eigenvalue weighted by molar-refractivity contribution is 6.06. The van der Waals surface area contributed by atoms with Crippen molar-refractivity contribution in [3.8, 4) is 0 Å². The number of rotatable bonds is 5. The number of aryl methyl sites for hydroxylation is 1. The van der Waals surface area contributed by atoms with E-state index in [2.05, 4.69) is 10.4 Å². The van der Waals surface area contributed by atoms with Crippen molar-refractivity contribution in [1.29, 1.82) is 0 Å². The topological polar surface area (TPSA) is 103 Å². The summed E-state index contributed by atoms with van der Waals surface area (Å²) in [6.45, 7) is 2.30. The quantitative estimate of drug-likeness (QED) is 0.800. The number of nitrogens with zero attached hydrogens (tertiary/aromatic N) is 2. The second kappa shape index (κ2) is 5.87. The molecule has 2 rings (SSSR count). The van der Waals surface area contributed by atoms with E-state index in [9.17, 15) is 9.59 Å². The first-order chi connectivity index (χ1) is 9.61. The highest BCUT2D eigenvalue weighted by Gasteiger charge is 2.16. The number of carbonyl (C=O) groups excluding carboxylic acids is 2. The number of hydrogen-bond donors (Lipinski definition) is 2. The van der Waals surface area contributed by atoms with Crippen molar-refractivity contribution in [2.75, 3.05) is 5.32 Å². The molecule has 7 heteroatoms. The van der Waals surface area contributed by atoms with Crippen molar-refractivity contribution in [1.82, 2.24) is 9.78 Å². The van der Waals surface area contributed by atoms with Gasteiger partial charge in [0, 0.05) is 12.6 Å². The van der Waals surface area contributed by atoms with Gasteiger partial charge in [-0.25, -0.2) is 0 Å². The Morgan fingerprint density at radius 1 is 1.55 bits per heavy atom. The summed E-state index contributed by atoms with van der Waals surface area (Å²) in [6.07, 6.45) is 5.71. The molecule has 104 valence electrons. The number of primary amides is 1. The maximum absolute atomic E-state index is 11.8. The first kappa shape index (κ1) is 13.6. The van der Waals surface area contributed by atoms with Crippen LogP contribution in [-0.2, 0) is 11.3 Å².